The maximum Gasteiger partial charge on any atom is 0.359 e. The second-order valence-electron chi connectivity index (χ2n) is 16.8. The molecule has 2 saturated heterocycles. The van der Waals surface area contributed by atoms with Crippen LogP contribution in [0.5, 0.6) is 11.5 Å². The Kier molecular flexibility index (Phi) is 15.8. The maximum absolute atomic E-state index is 13.6. The lowest BCUT2D eigenvalue weighted by Gasteiger charge is -2.29. The van der Waals surface area contributed by atoms with E-state index in [1.165, 1.54) is 12.9 Å². The van der Waals surface area contributed by atoms with Crippen molar-refractivity contribution in [2.75, 3.05) is 61.7 Å². The molecule has 4 aliphatic rings. The number of carbonyl (C=O) groups is 6. The molecule has 0 radical (unpaired) electrons. The van der Waals surface area contributed by atoms with E-state index in [0.29, 0.717) is 90.7 Å². The molecule has 2 N–H and O–H groups in total. The molecule has 71 heavy (non-hydrogen) atoms. The van der Waals surface area contributed by atoms with Gasteiger partial charge in [-0.1, -0.05) is 0 Å². The van der Waals surface area contributed by atoms with Crippen LogP contribution in [0.15, 0.2) is 97.1 Å². The van der Waals surface area contributed by atoms with Crippen LogP contribution in [-0.2, 0) is 27.2 Å². The number of anilines is 3. The molecule has 6 aromatic rings. The first-order valence-electron chi connectivity index (χ1n) is 23.4. The van der Waals surface area contributed by atoms with Crippen LogP contribution in [0, 0.1) is 3.57 Å². The first-order valence-corrected chi connectivity index (χ1v) is 24.5. The van der Waals surface area contributed by atoms with Crippen molar-refractivity contribution in [1.29, 1.82) is 0 Å². The number of fused-ring (bicyclic) bond motifs is 2. The lowest BCUT2D eigenvalue weighted by atomic mass is 10.0. The highest BCUT2D eigenvalue weighted by atomic mass is 127. The molecule has 10 rings (SSSR count). The number of aromatic nitrogens is 4. The predicted molar refractivity (Wildman–Crippen MR) is 273 cm³/mol. The molecule has 4 amide bonds. The lowest BCUT2D eigenvalue weighted by Crippen LogP contribution is -2.39. The van der Waals surface area contributed by atoms with Gasteiger partial charge in [-0.3, -0.25) is 19.2 Å². The fraction of sp³-hybridized carbons (Fsp3) is 0.308. The highest BCUT2D eigenvalue weighted by Gasteiger charge is 2.36. The monoisotopic (exact) mass is 1080 g/mol. The summed E-state index contributed by atoms with van der Waals surface area (Å²) in [7, 11) is 3.14. The van der Waals surface area contributed by atoms with E-state index in [2.05, 4.69) is 38.1 Å². The van der Waals surface area contributed by atoms with Crippen LogP contribution < -0.4 is 29.5 Å². The summed E-state index contributed by atoms with van der Waals surface area (Å²) < 4.78 is 19.5. The summed E-state index contributed by atoms with van der Waals surface area (Å²) in [5.41, 5.74) is 5.55. The number of halogens is 1. The molecule has 0 bridgehead atoms. The summed E-state index contributed by atoms with van der Waals surface area (Å²) in [6.45, 7) is 4.38. The van der Waals surface area contributed by atoms with Crippen molar-refractivity contribution >= 4 is 75.2 Å². The average Bonchev–Trinajstić information content (AvgIpc) is 3.99. The fourth-order valence-corrected chi connectivity index (χ4v) is 9.22. The van der Waals surface area contributed by atoms with Crippen molar-refractivity contribution in [2.24, 2.45) is 0 Å². The van der Waals surface area contributed by atoms with Gasteiger partial charge in [-0.2, -0.15) is 10.2 Å². The minimum absolute atomic E-state index is 0.113. The van der Waals surface area contributed by atoms with Crippen molar-refractivity contribution in [2.45, 2.75) is 58.3 Å². The number of amides is 4. The van der Waals surface area contributed by atoms with Gasteiger partial charge in [0.05, 0.1) is 32.2 Å². The topological polar surface area (TPSA) is 208 Å². The zero-order chi connectivity index (χ0) is 50.2. The molecule has 368 valence electrons. The number of hydrogen-bond donors (Lipinski definition) is 2. The minimum atomic E-state index is -1.17. The predicted octanol–water partition coefficient (Wildman–Crippen LogP) is 7.45. The van der Waals surface area contributed by atoms with Gasteiger partial charge < -0.3 is 39.3 Å². The number of rotatable bonds is 10. The summed E-state index contributed by atoms with van der Waals surface area (Å²) in [4.78, 5) is 78.9. The number of esters is 1. The van der Waals surface area contributed by atoms with Crippen LogP contribution in [0.2, 0.25) is 0 Å². The van der Waals surface area contributed by atoms with Crippen molar-refractivity contribution in [1.82, 2.24) is 24.9 Å². The Morgan fingerprint density at radius 3 is 1.55 bits per heavy atom. The van der Waals surface area contributed by atoms with Gasteiger partial charge in [0.1, 0.15) is 22.9 Å². The summed E-state index contributed by atoms with van der Waals surface area (Å²) >= 11 is 2.27. The second-order valence-corrected chi connectivity index (χ2v) is 18.1. The molecule has 0 atom stereocenters. The third kappa shape index (κ3) is 10.9. The van der Waals surface area contributed by atoms with Gasteiger partial charge in [0.15, 0.2) is 11.4 Å². The molecule has 2 aromatic heterocycles. The number of piperidine rings is 2. The van der Waals surface area contributed by atoms with E-state index >= 15 is 0 Å². The van der Waals surface area contributed by atoms with Crippen LogP contribution in [0.4, 0.5) is 17.1 Å². The first-order chi connectivity index (χ1) is 34.4. The van der Waals surface area contributed by atoms with Gasteiger partial charge in [0.2, 0.25) is 11.8 Å². The highest BCUT2D eigenvalue weighted by molar-refractivity contribution is 14.1. The van der Waals surface area contributed by atoms with Crippen LogP contribution in [0.25, 0.3) is 11.4 Å². The number of aromatic carboxylic acids is 1. The lowest BCUT2D eigenvalue weighted by molar-refractivity contribution is -0.120. The number of ether oxygens (including phenoxy) is 3. The van der Waals surface area contributed by atoms with E-state index < -0.39 is 11.9 Å². The van der Waals surface area contributed by atoms with Crippen molar-refractivity contribution in [3.63, 3.8) is 0 Å². The van der Waals surface area contributed by atoms with E-state index in [1.807, 2.05) is 53.4 Å². The summed E-state index contributed by atoms with van der Waals surface area (Å²) in [5.74, 6) is -0.525. The third-order valence-corrected chi connectivity index (χ3v) is 13.2. The molecule has 0 aliphatic carbocycles. The molecule has 6 heterocycles. The van der Waals surface area contributed by atoms with Gasteiger partial charge in [0, 0.05) is 70.8 Å². The van der Waals surface area contributed by atoms with E-state index in [9.17, 15) is 33.9 Å². The maximum atomic E-state index is 13.6. The molecule has 4 aliphatic heterocycles. The number of nitrogens with zero attached hydrogens (tertiary/aromatic N) is 7. The average molecular weight is 1080 g/mol. The Morgan fingerprint density at radius 1 is 0.592 bits per heavy atom. The molecule has 4 aromatic carbocycles. The molecule has 0 saturated carbocycles. The van der Waals surface area contributed by atoms with Crippen LogP contribution in [0.3, 0.4) is 0 Å². The van der Waals surface area contributed by atoms with Crippen molar-refractivity contribution < 1.29 is 48.1 Å². The molecule has 19 heteroatoms. The van der Waals surface area contributed by atoms with Crippen LogP contribution in [0.1, 0.15) is 98.5 Å². The molecule has 2 fully saturated rings. The molecular weight excluding hydrogens is 1020 g/mol. The van der Waals surface area contributed by atoms with Crippen LogP contribution >= 0.6 is 22.6 Å². The zero-order valence-corrected chi connectivity index (χ0v) is 41.7. The highest BCUT2D eigenvalue weighted by Crippen LogP contribution is 2.32. The number of carboxylic acid groups (broad SMARTS) is 1. The molecular formula is C52H53IN8O10. The van der Waals surface area contributed by atoms with Crippen LogP contribution in [-0.4, -0.2) is 107 Å². The number of benzene rings is 4. The molecule has 18 nitrogen and oxygen atoms in total. The van der Waals surface area contributed by atoms with Gasteiger partial charge in [0.25, 0.3) is 11.8 Å². The standard InChI is InChI=1S/C25H24N4O5.C16H17N3O4.C11H12INO/c1-34-19-11-9-18(10-12-19)29-23-20(22(26-29)25(32)33)13-15-28(24(23)31)17-7-5-16(6-8-17)27-14-3-2-4-21(27)30;1-3-23-16(21)13-12-8-9-17-15(20)14(12)19(18-13)10-4-6-11(22-2)7-5-10;12-9-4-6-10(7-5-9)13-8-2-1-3-11(13)14/h5-12H,2-4,13-15H2,1H3,(H,32,33);4-7H,3,8-9H2,1-2H3,(H,17,20);4-7H,1-3,8H2. The minimum Gasteiger partial charge on any atom is -0.497 e. The Morgan fingerprint density at radius 2 is 1.06 bits per heavy atom. The van der Waals surface area contributed by atoms with Gasteiger partial charge in [-0.15, -0.1) is 0 Å². The summed E-state index contributed by atoms with van der Waals surface area (Å²) in [6, 6.07) is 29.5. The van der Waals surface area contributed by atoms with Crippen molar-refractivity contribution in [3.8, 4) is 22.9 Å². The van der Waals surface area contributed by atoms with Gasteiger partial charge in [-0.25, -0.2) is 19.0 Å². The molecule has 0 unspecified atom stereocenters. The van der Waals surface area contributed by atoms with E-state index in [-0.39, 0.29) is 47.3 Å². The van der Waals surface area contributed by atoms with Gasteiger partial charge >= 0.3 is 11.9 Å². The molecule has 0 spiro atoms. The van der Waals surface area contributed by atoms with Gasteiger partial charge in [-0.05, 0) is 165 Å². The normalized spacial score (nSPS) is 15.3. The number of nitrogens with one attached hydrogen (secondary N) is 1. The summed E-state index contributed by atoms with van der Waals surface area (Å²) in [5, 5.41) is 21.0. The number of hydrogen-bond acceptors (Lipinski definition) is 11. The number of carbonyl (C=O) groups excluding carboxylic acids is 5. The first kappa shape index (κ1) is 49.9. The largest absolute Gasteiger partial charge is 0.497 e. The Balaban J connectivity index is 0.000000157. The Labute approximate surface area is 423 Å². The van der Waals surface area contributed by atoms with Crippen molar-refractivity contribution in [3.05, 3.63) is 135 Å². The smallest absolute Gasteiger partial charge is 0.359 e. The summed E-state index contributed by atoms with van der Waals surface area (Å²) in [6.07, 6.45) is 6.22. The third-order valence-electron chi connectivity index (χ3n) is 12.4. The quantitative estimate of drug-likeness (QED) is 0.101. The van der Waals surface area contributed by atoms with E-state index in [4.69, 9.17) is 14.2 Å². The Bertz CT molecular complexity index is 2930. The van der Waals surface area contributed by atoms with E-state index in [0.717, 1.165) is 43.6 Å². The van der Waals surface area contributed by atoms with E-state index in [1.54, 1.807) is 79.5 Å². The second kappa shape index (κ2) is 22.5. The number of carboxylic acids is 1. The fourth-order valence-electron chi connectivity index (χ4n) is 8.86. The number of methoxy groups -OCH3 is 2. The Hall–Kier alpha value is -7.55. The SMILES string of the molecule is CCOC(=O)c1nn(-c2ccc(OC)cc2)c2c1CCNC2=O.COc1ccc(-n2nc(C(=O)O)c3c2C(=O)N(c2ccc(N4CCCCC4=O)cc2)CC3)cc1.O=C1CCCCN1c1ccc(I)cc1. The zero-order valence-electron chi connectivity index (χ0n) is 39.6.